The predicted molar refractivity (Wildman–Crippen MR) is 81.1 cm³/mol. The van der Waals surface area contributed by atoms with Crippen LogP contribution in [0.4, 0.5) is 0 Å². The van der Waals surface area contributed by atoms with Gasteiger partial charge in [0.25, 0.3) is 5.89 Å². The van der Waals surface area contributed by atoms with Gasteiger partial charge in [-0.3, -0.25) is 4.98 Å². The molecule has 1 N–H and O–H groups in total. The second-order valence-corrected chi connectivity index (χ2v) is 4.66. The molecule has 0 aliphatic heterocycles. The van der Waals surface area contributed by atoms with Gasteiger partial charge in [-0.2, -0.15) is 0 Å². The summed E-state index contributed by atoms with van der Waals surface area (Å²) in [5.74, 6) is 1.70. The van der Waals surface area contributed by atoms with Crippen molar-refractivity contribution >= 4 is 0 Å². The van der Waals surface area contributed by atoms with E-state index in [1.54, 1.807) is 19.5 Å². The zero-order chi connectivity index (χ0) is 15.2. The molecule has 0 aliphatic rings. The molecule has 6 nitrogen and oxygen atoms in total. The van der Waals surface area contributed by atoms with E-state index in [0.717, 1.165) is 17.7 Å². The van der Waals surface area contributed by atoms with Crippen LogP contribution in [0.25, 0.3) is 11.5 Å². The minimum absolute atomic E-state index is 0.457. The van der Waals surface area contributed by atoms with Crippen molar-refractivity contribution in [3.05, 3.63) is 60.2 Å². The normalized spacial score (nSPS) is 10.6. The Labute approximate surface area is 128 Å². The lowest BCUT2D eigenvalue weighted by Gasteiger charge is -2.03. The van der Waals surface area contributed by atoms with Crippen molar-refractivity contribution in [2.24, 2.45) is 0 Å². The summed E-state index contributed by atoms with van der Waals surface area (Å²) < 4.78 is 11.0. The number of pyridine rings is 1. The van der Waals surface area contributed by atoms with Gasteiger partial charge in [0.1, 0.15) is 5.75 Å². The van der Waals surface area contributed by atoms with Gasteiger partial charge in [0.15, 0.2) is 0 Å². The van der Waals surface area contributed by atoms with Crippen molar-refractivity contribution in [3.63, 3.8) is 0 Å². The molecule has 0 amide bonds. The van der Waals surface area contributed by atoms with Gasteiger partial charge in [0.05, 0.1) is 19.2 Å². The highest BCUT2D eigenvalue weighted by atomic mass is 16.5. The van der Waals surface area contributed by atoms with Gasteiger partial charge in [-0.1, -0.05) is 12.1 Å². The van der Waals surface area contributed by atoms with Crippen LogP contribution in [0.1, 0.15) is 11.5 Å². The van der Waals surface area contributed by atoms with Crippen molar-refractivity contribution in [3.8, 4) is 17.2 Å². The number of rotatable bonds is 6. The monoisotopic (exact) mass is 296 g/mol. The lowest BCUT2D eigenvalue weighted by atomic mass is 10.2. The minimum atomic E-state index is 0.457. The van der Waals surface area contributed by atoms with Gasteiger partial charge in [-0.15, -0.1) is 10.2 Å². The van der Waals surface area contributed by atoms with Gasteiger partial charge in [-0.05, 0) is 29.8 Å². The Hall–Kier alpha value is -2.73. The molecule has 0 saturated heterocycles. The van der Waals surface area contributed by atoms with Crippen LogP contribution in [0.2, 0.25) is 0 Å². The van der Waals surface area contributed by atoms with Crippen LogP contribution in [0.15, 0.2) is 53.2 Å². The molecule has 2 heterocycles. The highest BCUT2D eigenvalue weighted by Crippen LogP contribution is 2.28. The number of methoxy groups -OCH3 is 1. The molecule has 0 spiro atoms. The first kappa shape index (κ1) is 14.2. The molecule has 6 heteroatoms. The molecule has 0 bridgehead atoms. The van der Waals surface area contributed by atoms with E-state index in [1.807, 2.05) is 36.4 Å². The molecular weight excluding hydrogens is 280 g/mol. The highest BCUT2D eigenvalue weighted by Gasteiger charge is 2.12. The molecule has 0 aliphatic carbocycles. The Bertz CT molecular complexity index is 728. The fraction of sp³-hybridized carbons (Fsp3) is 0.188. The fourth-order valence-electron chi connectivity index (χ4n) is 2.07. The molecule has 0 radical (unpaired) electrons. The van der Waals surface area contributed by atoms with Crippen molar-refractivity contribution in [1.82, 2.24) is 20.5 Å². The fourth-order valence-corrected chi connectivity index (χ4v) is 2.07. The third-order valence-electron chi connectivity index (χ3n) is 3.16. The largest absolute Gasteiger partial charge is 0.496 e. The molecule has 22 heavy (non-hydrogen) atoms. The summed E-state index contributed by atoms with van der Waals surface area (Å²) in [6, 6.07) is 11.5. The van der Waals surface area contributed by atoms with Crippen LogP contribution in [0, 0.1) is 0 Å². The SMILES string of the molecule is COc1ccccc1-c1nnc(CNCc2ccncc2)o1. The summed E-state index contributed by atoms with van der Waals surface area (Å²) in [4.78, 5) is 3.98. The summed E-state index contributed by atoms with van der Waals surface area (Å²) in [5.41, 5.74) is 1.94. The maximum atomic E-state index is 5.67. The van der Waals surface area contributed by atoms with E-state index in [4.69, 9.17) is 9.15 Å². The van der Waals surface area contributed by atoms with Gasteiger partial charge in [-0.25, -0.2) is 0 Å². The molecule has 112 valence electrons. The molecule has 1 aromatic carbocycles. The maximum absolute atomic E-state index is 5.67. The number of nitrogens with one attached hydrogen (secondary N) is 1. The van der Waals surface area contributed by atoms with E-state index < -0.39 is 0 Å². The van der Waals surface area contributed by atoms with E-state index in [9.17, 15) is 0 Å². The zero-order valence-corrected chi connectivity index (χ0v) is 12.2. The molecule has 0 fully saturated rings. The average molecular weight is 296 g/mol. The van der Waals surface area contributed by atoms with E-state index in [2.05, 4.69) is 20.5 Å². The lowest BCUT2D eigenvalue weighted by Crippen LogP contribution is -2.12. The molecule has 0 unspecified atom stereocenters. The van der Waals surface area contributed by atoms with E-state index >= 15 is 0 Å². The quantitative estimate of drug-likeness (QED) is 0.753. The number of ether oxygens (including phenoxy) is 1. The van der Waals surface area contributed by atoms with Crippen LogP contribution in [0.3, 0.4) is 0 Å². The third kappa shape index (κ3) is 3.29. The first-order valence-electron chi connectivity index (χ1n) is 6.92. The standard InChI is InChI=1S/C16H16N4O2/c1-21-14-5-3-2-4-13(14)16-20-19-15(22-16)11-18-10-12-6-8-17-9-7-12/h2-9,18H,10-11H2,1H3. The predicted octanol–water partition coefficient (Wildman–Crippen LogP) is 2.43. The maximum Gasteiger partial charge on any atom is 0.251 e. The Balaban J connectivity index is 1.64. The second-order valence-electron chi connectivity index (χ2n) is 4.66. The number of hydrogen-bond donors (Lipinski definition) is 1. The van der Waals surface area contributed by atoms with E-state index in [0.29, 0.717) is 24.1 Å². The topological polar surface area (TPSA) is 73.1 Å². The van der Waals surface area contributed by atoms with Crippen LogP contribution in [-0.2, 0) is 13.1 Å². The molecular formula is C16H16N4O2. The minimum Gasteiger partial charge on any atom is -0.496 e. The number of hydrogen-bond acceptors (Lipinski definition) is 6. The van der Waals surface area contributed by atoms with E-state index in [1.165, 1.54) is 0 Å². The van der Waals surface area contributed by atoms with Crippen LogP contribution >= 0.6 is 0 Å². The lowest BCUT2D eigenvalue weighted by molar-refractivity contribution is 0.413. The van der Waals surface area contributed by atoms with Gasteiger partial charge in [0.2, 0.25) is 5.89 Å². The van der Waals surface area contributed by atoms with Gasteiger partial charge in [0, 0.05) is 18.9 Å². The Morgan fingerprint density at radius 3 is 2.68 bits per heavy atom. The Kier molecular flexibility index (Phi) is 4.41. The summed E-state index contributed by atoms with van der Waals surface area (Å²) in [6.07, 6.45) is 3.53. The first-order chi connectivity index (χ1) is 10.9. The molecule has 2 aromatic heterocycles. The van der Waals surface area contributed by atoms with Crippen molar-refractivity contribution in [2.75, 3.05) is 7.11 Å². The smallest absolute Gasteiger partial charge is 0.251 e. The van der Waals surface area contributed by atoms with Crippen LogP contribution in [-0.4, -0.2) is 22.3 Å². The highest BCUT2D eigenvalue weighted by molar-refractivity contribution is 5.62. The Morgan fingerprint density at radius 2 is 1.86 bits per heavy atom. The summed E-state index contributed by atoms with van der Waals surface area (Å²) in [7, 11) is 1.62. The molecule has 0 atom stereocenters. The summed E-state index contributed by atoms with van der Waals surface area (Å²) >= 11 is 0. The molecule has 3 rings (SSSR count). The molecule has 3 aromatic rings. The summed E-state index contributed by atoms with van der Waals surface area (Å²) in [6.45, 7) is 1.22. The second kappa shape index (κ2) is 6.82. The first-order valence-corrected chi connectivity index (χ1v) is 6.92. The van der Waals surface area contributed by atoms with Gasteiger partial charge < -0.3 is 14.5 Å². The van der Waals surface area contributed by atoms with E-state index in [-0.39, 0.29) is 0 Å². The third-order valence-corrected chi connectivity index (χ3v) is 3.16. The van der Waals surface area contributed by atoms with Crippen molar-refractivity contribution < 1.29 is 9.15 Å². The zero-order valence-electron chi connectivity index (χ0n) is 12.2. The summed E-state index contributed by atoms with van der Waals surface area (Å²) in [5, 5.41) is 11.4. The van der Waals surface area contributed by atoms with Gasteiger partial charge >= 0.3 is 0 Å². The van der Waals surface area contributed by atoms with Crippen LogP contribution < -0.4 is 10.1 Å². The number of aromatic nitrogens is 3. The number of nitrogens with zero attached hydrogens (tertiary/aromatic N) is 3. The Morgan fingerprint density at radius 1 is 1.05 bits per heavy atom. The van der Waals surface area contributed by atoms with Crippen LogP contribution in [0.5, 0.6) is 5.75 Å². The number of benzene rings is 1. The number of para-hydroxylation sites is 1. The molecule has 0 saturated carbocycles. The van der Waals surface area contributed by atoms with Crippen molar-refractivity contribution in [1.29, 1.82) is 0 Å². The van der Waals surface area contributed by atoms with Crippen molar-refractivity contribution in [2.45, 2.75) is 13.1 Å². The average Bonchev–Trinajstić information content (AvgIpc) is 3.04.